The van der Waals surface area contributed by atoms with Gasteiger partial charge in [0, 0.05) is 30.3 Å². The topological polar surface area (TPSA) is 67.2 Å². The van der Waals surface area contributed by atoms with Gasteiger partial charge in [-0.1, -0.05) is 6.07 Å². The third-order valence-corrected chi connectivity index (χ3v) is 5.59. The number of thiophene rings is 1. The van der Waals surface area contributed by atoms with E-state index in [9.17, 15) is 9.59 Å². The van der Waals surface area contributed by atoms with Gasteiger partial charge in [0.05, 0.1) is 11.2 Å². The molecule has 4 rings (SSSR count). The quantitative estimate of drug-likeness (QED) is 0.752. The van der Waals surface area contributed by atoms with Crippen molar-refractivity contribution in [2.45, 2.75) is 25.3 Å². The van der Waals surface area contributed by atoms with Crippen LogP contribution in [-0.2, 0) is 4.79 Å². The number of hydrogen-bond acceptors (Lipinski definition) is 4. The van der Waals surface area contributed by atoms with Crippen molar-refractivity contribution in [3.05, 3.63) is 65.4 Å². The standard InChI is InChI=1S/C20H20N4O2S/c25-19(22-15-6-8-16(9-7-15)23-12-10-21-14-23)17-4-1-2-11-24(17)20(26)18-5-3-13-27-18/h3,5-10,12-14,17H,1-2,4,11H2,(H,22,25). The average molecular weight is 380 g/mol. The van der Waals surface area contributed by atoms with E-state index in [0.29, 0.717) is 17.8 Å². The number of anilines is 1. The minimum Gasteiger partial charge on any atom is -0.326 e. The Labute approximate surface area is 161 Å². The maximum absolute atomic E-state index is 12.8. The summed E-state index contributed by atoms with van der Waals surface area (Å²) < 4.78 is 1.90. The van der Waals surface area contributed by atoms with E-state index in [4.69, 9.17) is 0 Å². The van der Waals surface area contributed by atoms with Crippen LogP contribution >= 0.6 is 11.3 Å². The van der Waals surface area contributed by atoms with Crippen molar-refractivity contribution < 1.29 is 9.59 Å². The van der Waals surface area contributed by atoms with Crippen molar-refractivity contribution >= 4 is 28.8 Å². The van der Waals surface area contributed by atoms with Gasteiger partial charge >= 0.3 is 0 Å². The lowest BCUT2D eigenvalue weighted by atomic mass is 10.0. The molecule has 1 unspecified atom stereocenters. The molecule has 0 bridgehead atoms. The first-order valence-corrected chi connectivity index (χ1v) is 9.84. The largest absolute Gasteiger partial charge is 0.326 e. The number of carbonyl (C=O) groups excluding carboxylic acids is 2. The van der Waals surface area contributed by atoms with E-state index < -0.39 is 6.04 Å². The molecule has 1 aliphatic heterocycles. The molecule has 2 aromatic heterocycles. The van der Waals surface area contributed by atoms with Crippen molar-refractivity contribution in [2.75, 3.05) is 11.9 Å². The molecule has 0 saturated carbocycles. The number of benzene rings is 1. The lowest BCUT2D eigenvalue weighted by Gasteiger charge is -2.34. The van der Waals surface area contributed by atoms with Gasteiger partial charge in [-0.25, -0.2) is 4.98 Å². The number of amides is 2. The third-order valence-electron chi connectivity index (χ3n) is 4.74. The van der Waals surface area contributed by atoms with Crippen molar-refractivity contribution in [2.24, 2.45) is 0 Å². The Morgan fingerprint density at radius 1 is 1.15 bits per heavy atom. The number of nitrogens with one attached hydrogen (secondary N) is 1. The Bertz CT molecular complexity index is 904. The molecule has 1 saturated heterocycles. The molecule has 3 aromatic rings. The Balaban J connectivity index is 1.46. The highest BCUT2D eigenvalue weighted by molar-refractivity contribution is 7.12. The average Bonchev–Trinajstić information content (AvgIpc) is 3.42. The number of piperidine rings is 1. The zero-order valence-corrected chi connectivity index (χ0v) is 15.6. The van der Waals surface area contributed by atoms with Crippen LogP contribution in [0.1, 0.15) is 28.9 Å². The number of rotatable bonds is 4. The van der Waals surface area contributed by atoms with Crippen LogP contribution in [0.3, 0.4) is 0 Å². The molecule has 1 fully saturated rings. The van der Waals surface area contributed by atoms with Crippen LogP contribution in [-0.4, -0.2) is 38.9 Å². The van der Waals surface area contributed by atoms with Gasteiger partial charge < -0.3 is 14.8 Å². The molecule has 138 valence electrons. The minimum absolute atomic E-state index is 0.0553. The van der Waals surface area contributed by atoms with Gasteiger partial charge in [0.2, 0.25) is 5.91 Å². The van der Waals surface area contributed by atoms with Gasteiger partial charge in [0.1, 0.15) is 6.04 Å². The maximum atomic E-state index is 12.8. The fraction of sp³-hybridized carbons (Fsp3) is 0.250. The van der Waals surface area contributed by atoms with Crippen LogP contribution in [0.4, 0.5) is 5.69 Å². The first kappa shape index (κ1) is 17.5. The van der Waals surface area contributed by atoms with E-state index in [1.807, 2.05) is 52.5 Å². The van der Waals surface area contributed by atoms with E-state index in [1.54, 1.807) is 17.4 Å². The van der Waals surface area contributed by atoms with Gasteiger partial charge in [-0.05, 0) is 55.0 Å². The van der Waals surface area contributed by atoms with Crippen LogP contribution in [0.15, 0.2) is 60.5 Å². The molecule has 7 heteroatoms. The van der Waals surface area contributed by atoms with Crippen LogP contribution in [0, 0.1) is 0 Å². The lowest BCUT2D eigenvalue weighted by molar-refractivity contribution is -0.121. The second-order valence-electron chi connectivity index (χ2n) is 6.49. The van der Waals surface area contributed by atoms with Gasteiger partial charge in [-0.2, -0.15) is 0 Å². The van der Waals surface area contributed by atoms with E-state index in [-0.39, 0.29) is 11.8 Å². The highest BCUT2D eigenvalue weighted by Gasteiger charge is 2.33. The highest BCUT2D eigenvalue weighted by atomic mass is 32.1. The second-order valence-corrected chi connectivity index (χ2v) is 7.44. The predicted molar refractivity (Wildman–Crippen MR) is 105 cm³/mol. The summed E-state index contributed by atoms with van der Waals surface area (Å²) in [6.07, 6.45) is 7.88. The van der Waals surface area contributed by atoms with Crippen molar-refractivity contribution in [3.63, 3.8) is 0 Å². The molecule has 1 aliphatic rings. The van der Waals surface area contributed by atoms with Crippen molar-refractivity contribution in [3.8, 4) is 5.69 Å². The zero-order valence-electron chi connectivity index (χ0n) is 14.7. The first-order chi connectivity index (χ1) is 13.2. The fourth-order valence-electron chi connectivity index (χ4n) is 3.34. The molecular formula is C20H20N4O2S. The molecule has 1 aromatic carbocycles. The summed E-state index contributed by atoms with van der Waals surface area (Å²) in [4.78, 5) is 32.0. The molecule has 0 aliphatic carbocycles. The van der Waals surface area contributed by atoms with Crippen LogP contribution in [0.5, 0.6) is 0 Å². The normalized spacial score (nSPS) is 16.9. The van der Waals surface area contributed by atoms with Crippen LogP contribution < -0.4 is 5.32 Å². The van der Waals surface area contributed by atoms with E-state index in [2.05, 4.69) is 10.3 Å². The third kappa shape index (κ3) is 3.78. The molecule has 1 N–H and O–H groups in total. The van der Waals surface area contributed by atoms with Crippen LogP contribution in [0.2, 0.25) is 0 Å². The zero-order chi connectivity index (χ0) is 18.6. The van der Waals surface area contributed by atoms with Gasteiger partial charge in [-0.3, -0.25) is 9.59 Å². The number of aromatic nitrogens is 2. The van der Waals surface area contributed by atoms with E-state index in [1.165, 1.54) is 11.3 Å². The summed E-state index contributed by atoms with van der Waals surface area (Å²) in [7, 11) is 0. The summed E-state index contributed by atoms with van der Waals surface area (Å²) in [5.41, 5.74) is 1.69. The summed E-state index contributed by atoms with van der Waals surface area (Å²) in [5.74, 6) is -0.185. The fourth-order valence-corrected chi connectivity index (χ4v) is 4.02. The van der Waals surface area contributed by atoms with E-state index >= 15 is 0 Å². The molecule has 27 heavy (non-hydrogen) atoms. The van der Waals surface area contributed by atoms with Gasteiger partial charge in [0.15, 0.2) is 0 Å². The molecule has 1 atom stereocenters. The van der Waals surface area contributed by atoms with Crippen LogP contribution in [0.25, 0.3) is 5.69 Å². The monoisotopic (exact) mass is 380 g/mol. The molecule has 6 nitrogen and oxygen atoms in total. The second kappa shape index (κ2) is 7.75. The van der Waals surface area contributed by atoms with E-state index in [0.717, 1.165) is 24.2 Å². The minimum atomic E-state index is -0.429. The Morgan fingerprint density at radius 3 is 2.70 bits per heavy atom. The summed E-state index contributed by atoms with van der Waals surface area (Å²) >= 11 is 1.41. The Hall–Kier alpha value is -2.93. The number of nitrogens with zero attached hydrogens (tertiary/aromatic N) is 3. The molecule has 2 amide bonds. The summed E-state index contributed by atoms with van der Waals surface area (Å²) in [5, 5.41) is 4.84. The molecule has 3 heterocycles. The predicted octanol–water partition coefficient (Wildman–Crippen LogP) is 3.57. The summed E-state index contributed by atoms with van der Waals surface area (Å²) in [6, 6.07) is 10.8. The Morgan fingerprint density at radius 2 is 2.00 bits per heavy atom. The molecule has 0 spiro atoms. The van der Waals surface area contributed by atoms with Crippen molar-refractivity contribution in [1.29, 1.82) is 0 Å². The molecule has 0 radical (unpaired) electrons. The maximum Gasteiger partial charge on any atom is 0.264 e. The molecular weight excluding hydrogens is 360 g/mol. The SMILES string of the molecule is O=C(Nc1ccc(-n2ccnc2)cc1)C1CCCCN1C(=O)c1cccs1. The summed E-state index contributed by atoms with van der Waals surface area (Å²) in [6.45, 7) is 0.619. The number of hydrogen-bond donors (Lipinski definition) is 1. The Kier molecular flexibility index (Phi) is 5.02. The number of likely N-dealkylation sites (tertiary alicyclic amines) is 1. The van der Waals surface area contributed by atoms with Gasteiger partial charge in [-0.15, -0.1) is 11.3 Å². The number of carbonyl (C=O) groups is 2. The number of imidazole rings is 1. The smallest absolute Gasteiger partial charge is 0.264 e. The van der Waals surface area contributed by atoms with Gasteiger partial charge in [0.25, 0.3) is 5.91 Å². The lowest BCUT2D eigenvalue weighted by Crippen LogP contribution is -2.49. The highest BCUT2D eigenvalue weighted by Crippen LogP contribution is 2.23. The van der Waals surface area contributed by atoms with Crippen molar-refractivity contribution in [1.82, 2.24) is 14.5 Å². The first-order valence-electron chi connectivity index (χ1n) is 8.96.